The smallest absolute Gasteiger partial charge is 0.221 e. The van der Waals surface area contributed by atoms with Crippen LogP contribution in [0.2, 0.25) is 0 Å². The molecule has 2 heterocycles. The van der Waals surface area contributed by atoms with Gasteiger partial charge in [-0.2, -0.15) is 10.1 Å². The zero-order valence-corrected chi connectivity index (χ0v) is 10.9. The maximum atomic E-state index is 5.80. The molecule has 0 unspecified atom stereocenters. The molecule has 0 aliphatic heterocycles. The van der Waals surface area contributed by atoms with Crippen molar-refractivity contribution in [1.82, 2.24) is 20.2 Å². The number of hydrogen-bond donors (Lipinski definition) is 3. The molecule has 0 aromatic carbocycles. The van der Waals surface area contributed by atoms with Crippen molar-refractivity contribution in [2.45, 2.75) is 19.8 Å². The molecule has 19 heavy (non-hydrogen) atoms. The monoisotopic (exact) mass is 262 g/mol. The van der Waals surface area contributed by atoms with Gasteiger partial charge in [-0.25, -0.2) is 4.98 Å². The first-order chi connectivity index (χ1) is 9.20. The summed E-state index contributed by atoms with van der Waals surface area (Å²) in [6, 6.07) is 1.94. The highest BCUT2D eigenvalue weighted by atomic mass is 16.5. The number of aryl methyl sites for hydroxylation is 1. The van der Waals surface area contributed by atoms with Crippen molar-refractivity contribution in [3.05, 3.63) is 18.0 Å². The van der Waals surface area contributed by atoms with Crippen molar-refractivity contribution in [2.24, 2.45) is 0 Å². The summed E-state index contributed by atoms with van der Waals surface area (Å²) in [5.41, 5.74) is 13.7. The van der Waals surface area contributed by atoms with Crippen LogP contribution in [0.15, 0.2) is 12.3 Å². The molecular formula is C12H18N6O. The summed E-state index contributed by atoms with van der Waals surface area (Å²) in [5, 5.41) is 7.18. The van der Waals surface area contributed by atoms with Crippen molar-refractivity contribution in [2.75, 3.05) is 24.7 Å². The quantitative estimate of drug-likeness (QED) is 0.669. The summed E-state index contributed by atoms with van der Waals surface area (Å²) >= 11 is 0. The topological polar surface area (TPSA) is 116 Å². The molecule has 0 saturated carbocycles. The Hall–Kier alpha value is -2.15. The Bertz CT molecular complexity index is 539. The van der Waals surface area contributed by atoms with E-state index < -0.39 is 0 Å². The predicted molar refractivity (Wildman–Crippen MR) is 73.3 cm³/mol. The van der Waals surface area contributed by atoms with E-state index in [1.165, 1.54) is 0 Å². The van der Waals surface area contributed by atoms with E-state index in [2.05, 4.69) is 20.2 Å². The number of H-pyrrole nitrogens is 1. The van der Waals surface area contributed by atoms with E-state index in [9.17, 15) is 0 Å². The number of nitrogens with two attached hydrogens (primary N) is 2. The van der Waals surface area contributed by atoms with Crippen LogP contribution >= 0.6 is 0 Å². The Labute approximate surface area is 111 Å². The highest BCUT2D eigenvalue weighted by Gasteiger charge is 2.09. The third kappa shape index (κ3) is 3.41. The normalized spacial score (nSPS) is 10.8. The fraction of sp³-hybridized carbons (Fsp3) is 0.417. The first kappa shape index (κ1) is 13.3. The highest BCUT2D eigenvalue weighted by Crippen LogP contribution is 2.22. The Kier molecular flexibility index (Phi) is 4.30. The van der Waals surface area contributed by atoms with Crippen molar-refractivity contribution in [3.8, 4) is 11.3 Å². The average molecular weight is 262 g/mol. The molecule has 0 amide bonds. The third-order valence-electron chi connectivity index (χ3n) is 2.68. The minimum Gasteiger partial charge on any atom is -0.383 e. The average Bonchev–Trinajstić information content (AvgIpc) is 2.83. The summed E-state index contributed by atoms with van der Waals surface area (Å²) in [6.07, 6.45) is 3.41. The molecule has 2 aromatic rings. The number of anilines is 2. The molecule has 0 radical (unpaired) electrons. The zero-order valence-electron chi connectivity index (χ0n) is 10.9. The minimum atomic E-state index is 0.161. The van der Waals surface area contributed by atoms with Gasteiger partial charge in [0.25, 0.3) is 0 Å². The number of rotatable bonds is 6. The lowest BCUT2D eigenvalue weighted by Gasteiger charge is -2.00. The van der Waals surface area contributed by atoms with Gasteiger partial charge >= 0.3 is 0 Å². The molecule has 5 N–H and O–H groups in total. The van der Waals surface area contributed by atoms with Crippen molar-refractivity contribution < 1.29 is 4.74 Å². The molecule has 0 aliphatic carbocycles. The van der Waals surface area contributed by atoms with Crippen LogP contribution in [-0.2, 0) is 11.2 Å². The lowest BCUT2D eigenvalue weighted by atomic mass is 10.2. The Morgan fingerprint density at radius 3 is 2.95 bits per heavy atom. The largest absolute Gasteiger partial charge is 0.383 e. The van der Waals surface area contributed by atoms with Gasteiger partial charge in [-0.15, -0.1) is 0 Å². The van der Waals surface area contributed by atoms with Gasteiger partial charge in [0.1, 0.15) is 5.82 Å². The fourth-order valence-electron chi connectivity index (χ4n) is 1.74. The molecule has 0 atom stereocenters. The maximum absolute atomic E-state index is 5.80. The number of nitrogens with zero attached hydrogens (tertiary/aromatic N) is 3. The van der Waals surface area contributed by atoms with E-state index in [1.807, 2.05) is 13.0 Å². The Balaban J connectivity index is 2.04. The maximum Gasteiger partial charge on any atom is 0.221 e. The van der Waals surface area contributed by atoms with Crippen molar-refractivity contribution >= 4 is 11.8 Å². The summed E-state index contributed by atoms with van der Waals surface area (Å²) in [6.45, 7) is 3.48. The van der Waals surface area contributed by atoms with Crippen LogP contribution in [0.3, 0.4) is 0 Å². The number of ether oxygens (including phenoxy) is 1. The molecule has 0 fully saturated rings. The highest BCUT2D eigenvalue weighted by molar-refractivity contribution is 5.70. The second-order valence-corrected chi connectivity index (χ2v) is 4.11. The summed E-state index contributed by atoms with van der Waals surface area (Å²) in [5.74, 6) is 0.494. The molecule has 0 spiro atoms. The second kappa shape index (κ2) is 6.14. The number of nitrogens with one attached hydrogen (secondary N) is 1. The second-order valence-electron chi connectivity index (χ2n) is 4.11. The SMILES string of the molecule is CCOCCCc1cc(-c2cnc(N)nc2N)n[nH]1. The minimum absolute atomic E-state index is 0.161. The molecule has 7 heteroatoms. The lowest BCUT2D eigenvalue weighted by Crippen LogP contribution is -2.01. The van der Waals surface area contributed by atoms with E-state index >= 15 is 0 Å². The van der Waals surface area contributed by atoms with Crippen LogP contribution in [0.1, 0.15) is 19.0 Å². The molecule has 7 nitrogen and oxygen atoms in total. The van der Waals surface area contributed by atoms with Gasteiger partial charge in [-0.05, 0) is 25.8 Å². The van der Waals surface area contributed by atoms with E-state index in [4.69, 9.17) is 16.2 Å². The van der Waals surface area contributed by atoms with E-state index in [0.717, 1.165) is 37.4 Å². The fourth-order valence-corrected chi connectivity index (χ4v) is 1.74. The van der Waals surface area contributed by atoms with Crippen LogP contribution in [0.25, 0.3) is 11.3 Å². The van der Waals surface area contributed by atoms with E-state index in [1.54, 1.807) is 6.20 Å². The predicted octanol–water partition coefficient (Wildman–Crippen LogP) is 1.00. The van der Waals surface area contributed by atoms with Crippen LogP contribution in [0, 0.1) is 0 Å². The van der Waals surface area contributed by atoms with E-state index in [0.29, 0.717) is 11.4 Å². The number of hydrogen-bond acceptors (Lipinski definition) is 6. The number of aromatic amines is 1. The standard InChI is InChI=1S/C12H18N6O/c1-2-19-5-3-4-8-6-10(18-17-8)9-7-15-12(14)16-11(9)13/h6-7H,2-5H2,1H3,(H,17,18)(H4,13,14,15,16). The van der Waals surface area contributed by atoms with Gasteiger partial charge in [0.2, 0.25) is 5.95 Å². The Morgan fingerprint density at radius 1 is 1.37 bits per heavy atom. The van der Waals surface area contributed by atoms with Crippen molar-refractivity contribution in [3.63, 3.8) is 0 Å². The van der Waals surface area contributed by atoms with Crippen LogP contribution < -0.4 is 11.5 Å². The molecule has 102 valence electrons. The Morgan fingerprint density at radius 2 is 2.21 bits per heavy atom. The van der Waals surface area contributed by atoms with Gasteiger partial charge in [-0.3, -0.25) is 5.10 Å². The van der Waals surface area contributed by atoms with Crippen LogP contribution in [-0.4, -0.2) is 33.4 Å². The summed E-state index contributed by atoms with van der Waals surface area (Å²) < 4.78 is 5.29. The molecule has 2 aromatic heterocycles. The molecular weight excluding hydrogens is 244 g/mol. The van der Waals surface area contributed by atoms with Gasteiger partial charge < -0.3 is 16.2 Å². The van der Waals surface area contributed by atoms with Gasteiger partial charge in [-0.1, -0.05) is 0 Å². The first-order valence-electron chi connectivity index (χ1n) is 6.21. The van der Waals surface area contributed by atoms with Crippen molar-refractivity contribution in [1.29, 1.82) is 0 Å². The lowest BCUT2D eigenvalue weighted by molar-refractivity contribution is 0.145. The number of nitrogen functional groups attached to an aromatic ring is 2. The third-order valence-corrected chi connectivity index (χ3v) is 2.68. The van der Waals surface area contributed by atoms with Gasteiger partial charge in [0, 0.05) is 25.1 Å². The zero-order chi connectivity index (χ0) is 13.7. The van der Waals surface area contributed by atoms with Crippen LogP contribution in [0.4, 0.5) is 11.8 Å². The van der Waals surface area contributed by atoms with Gasteiger partial charge in [0.05, 0.1) is 11.3 Å². The summed E-state index contributed by atoms with van der Waals surface area (Å²) in [4.78, 5) is 7.84. The molecule has 0 bridgehead atoms. The number of aromatic nitrogens is 4. The van der Waals surface area contributed by atoms with Gasteiger partial charge in [0.15, 0.2) is 0 Å². The molecule has 2 rings (SSSR count). The van der Waals surface area contributed by atoms with Crippen LogP contribution in [0.5, 0.6) is 0 Å². The molecule has 0 aliphatic rings. The molecule has 0 saturated heterocycles. The first-order valence-corrected chi connectivity index (χ1v) is 6.21. The van der Waals surface area contributed by atoms with E-state index in [-0.39, 0.29) is 5.95 Å². The summed E-state index contributed by atoms with van der Waals surface area (Å²) in [7, 11) is 0.